The van der Waals surface area contributed by atoms with E-state index in [9.17, 15) is 18.0 Å². The van der Waals surface area contributed by atoms with Crippen molar-refractivity contribution < 1.29 is 18.0 Å². The Hall–Kier alpha value is -3.69. The van der Waals surface area contributed by atoms with Gasteiger partial charge in [-0.2, -0.15) is 18.2 Å². The van der Waals surface area contributed by atoms with Crippen LogP contribution in [-0.4, -0.2) is 35.0 Å². The lowest BCUT2D eigenvalue weighted by Gasteiger charge is -2.16. The maximum Gasteiger partial charge on any atom is 0.433 e. The maximum atomic E-state index is 13.1. The molecule has 0 radical (unpaired) electrons. The summed E-state index contributed by atoms with van der Waals surface area (Å²) in [5, 5.41) is 5.58. The zero-order chi connectivity index (χ0) is 21.7. The molecule has 7 nitrogen and oxygen atoms in total. The molecule has 0 aliphatic carbocycles. The van der Waals surface area contributed by atoms with E-state index in [0.29, 0.717) is 11.3 Å². The largest absolute Gasteiger partial charge is 0.433 e. The van der Waals surface area contributed by atoms with E-state index in [1.54, 1.807) is 50.5 Å². The van der Waals surface area contributed by atoms with Gasteiger partial charge in [0.05, 0.1) is 0 Å². The van der Waals surface area contributed by atoms with Gasteiger partial charge in [0.2, 0.25) is 5.95 Å². The van der Waals surface area contributed by atoms with E-state index >= 15 is 0 Å². The van der Waals surface area contributed by atoms with Gasteiger partial charge in [0.1, 0.15) is 5.82 Å². The average molecular weight is 416 g/mol. The minimum absolute atomic E-state index is 0.137. The lowest BCUT2D eigenvalue weighted by Crippen LogP contribution is -2.17. The van der Waals surface area contributed by atoms with E-state index in [1.807, 2.05) is 0 Å². The summed E-state index contributed by atoms with van der Waals surface area (Å²) in [6.45, 7) is 0.174. The van der Waals surface area contributed by atoms with Gasteiger partial charge in [-0.1, -0.05) is 12.1 Å². The molecular weight excluding hydrogens is 397 g/mol. The van der Waals surface area contributed by atoms with Crippen molar-refractivity contribution in [3.8, 4) is 0 Å². The molecular formula is C20H19F3N6O. The molecule has 1 aromatic carbocycles. The topological polar surface area (TPSA) is 83.0 Å². The fraction of sp³-hybridized carbons (Fsp3) is 0.200. The van der Waals surface area contributed by atoms with E-state index in [0.717, 1.165) is 11.6 Å². The van der Waals surface area contributed by atoms with Gasteiger partial charge in [-0.3, -0.25) is 9.78 Å². The van der Waals surface area contributed by atoms with Crippen LogP contribution in [0.25, 0.3) is 0 Å². The van der Waals surface area contributed by atoms with E-state index < -0.39 is 11.9 Å². The summed E-state index contributed by atoms with van der Waals surface area (Å²) in [6.07, 6.45) is -1.54. The van der Waals surface area contributed by atoms with Crippen LogP contribution in [0, 0.1) is 0 Å². The van der Waals surface area contributed by atoms with E-state index in [-0.39, 0.29) is 24.2 Å². The van der Waals surface area contributed by atoms with Crippen molar-refractivity contribution in [1.82, 2.24) is 15.0 Å². The van der Waals surface area contributed by atoms with Crippen LogP contribution in [0.4, 0.5) is 30.6 Å². The van der Waals surface area contributed by atoms with Crippen molar-refractivity contribution >= 4 is 23.4 Å². The van der Waals surface area contributed by atoms with Gasteiger partial charge in [-0.25, -0.2) is 4.98 Å². The van der Waals surface area contributed by atoms with Gasteiger partial charge in [-0.05, 0) is 29.8 Å². The second-order valence-corrected chi connectivity index (χ2v) is 6.57. The highest BCUT2D eigenvalue weighted by Gasteiger charge is 2.34. The van der Waals surface area contributed by atoms with Gasteiger partial charge >= 0.3 is 6.18 Å². The number of anilines is 3. The minimum Gasteiger partial charge on any atom is -0.363 e. The highest BCUT2D eigenvalue weighted by Crippen LogP contribution is 2.30. The molecule has 30 heavy (non-hydrogen) atoms. The molecule has 2 aromatic heterocycles. The normalized spacial score (nSPS) is 11.1. The summed E-state index contributed by atoms with van der Waals surface area (Å²) < 4.78 is 39.3. The van der Waals surface area contributed by atoms with Crippen LogP contribution < -0.4 is 15.5 Å². The highest BCUT2D eigenvalue weighted by molar-refractivity contribution is 6.04. The molecule has 0 atom stereocenters. The van der Waals surface area contributed by atoms with Crippen molar-refractivity contribution in [2.75, 3.05) is 29.6 Å². The molecule has 2 N–H and O–H groups in total. The number of aromatic nitrogens is 3. The Bertz CT molecular complexity index is 1020. The summed E-state index contributed by atoms with van der Waals surface area (Å²) >= 11 is 0. The number of nitrogens with zero attached hydrogens (tertiary/aromatic N) is 4. The first-order valence-electron chi connectivity index (χ1n) is 8.90. The van der Waals surface area contributed by atoms with Crippen molar-refractivity contribution in [3.05, 3.63) is 71.7 Å². The molecule has 2 heterocycles. The first-order valence-corrected chi connectivity index (χ1v) is 8.90. The number of hydrogen-bond acceptors (Lipinski definition) is 6. The zero-order valence-electron chi connectivity index (χ0n) is 16.2. The predicted octanol–water partition coefficient (Wildman–Crippen LogP) is 3.82. The quantitative estimate of drug-likeness (QED) is 0.636. The molecule has 0 saturated carbocycles. The molecule has 3 aromatic rings. The van der Waals surface area contributed by atoms with Gasteiger partial charge in [0.25, 0.3) is 5.91 Å². The van der Waals surface area contributed by atoms with Gasteiger partial charge in [0, 0.05) is 50.4 Å². The summed E-state index contributed by atoms with van der Waals surface area (Å²) in [5.74, 6) is -0.294. The van der Waals surface area contributed by atoms with Crippen LogP contribution in [0.2, 0.25) is 0 Å². The monoisotopic (exact) mass is 416 g/mol. The van der Waals surface area contributed by atoms with Gasteiger partial charge in [0.15, 0.2) is 5.69 Å². The minimum atomic E-state index is -4.58. The Labute approximate surface area is 171 Å². The van der Waals surface area contributed by atoms with E-state index in [2.05, 4.69) is 25.6 Å². The molecule has 0 spiro atoms. The lowest BCUT2D eigenvalue weighted by molar-refractivity contribution is -0.141. The molecule has 0 fully saturated rings. The summed E-state index contributed by atoms with van der Waals surface area (Å²) in [4.78, 5) is 25.3. The SMILES string of the molecule is CN(C)c1cc(C(F)(F)F)nc(NCc2cccc(NC(=O)c3ccncc3)c2)n1. The third kappa shape index (κ3) is 5.43. The number of carbonyl (C=O) groups excluding carboxylic acids is 1. The first-order chi connectivity index (χ1) is 14.2. The number of nitrogens with one attached hydrogen (secondary N) is 2. The molecule has 0 saturated heterocycles. The second-order valence-electron chi connectivity index (χ2n) is 6.57. The molecule has 0 aliphatic heterocycles. The molecule has 0 aliphatic rings. The van der Waals surface area contributed by atoms with Crippen LogP contribution in [-0.2, 0) is 12.7 Å². The maximum absolute atomic E-state index is 13.1. The Kier molecular flexibility index (Phi) is 6.14. The van der Waals surface area contributed by atoms with Crippen LogP contribution in [0.3, 0.4) is 0 Å². The average Bonchev–Trinajstić information content (AvgIpc) is 2.72. The van der Waals surface area contributed by atoms with Crippen LogP contribution in [0.15, 0.2) is 54.9 Å². The molecule has 1 amide bonds. The summed E-state index contributed by atoms with van der Waals surface area (Å²) in [6, 6.07) is 11.0. The zero-order valence-corrected chi connectivity index (χ0v) is 16.2. The smallest absolute Gasteiger partial charge is 0.363 e. The van der Waals surface area contributed by atoms with Crippen LogP contribution >= 0.6 is 0 Å². The second kappa shape index (κ2) is 8.76. The standard InChI is InChI=1S/C20H19F3N6O/c1-29(2)17-11-16(20(21,22)23)27-19(28-17)25-12-13-4-3-5-15(10-13)26-18(30)14-6-8-24-9-7-14/h3-11H,12H2,1-2H3,(H,26,30)(H,25,27,28). The van der Waals surface area contributed by atoms with Gasteiger partial charge < -0.3 is 15.5 Å². The number of hydrogen-bond donors (Lipinski definition) is 2. The number of alkyl halides is 3. The third-order valence-electron chi connectivity index (χ3n) is 4.04. The predicted molar refractivity (Wildman–Crippen MR) is 107 cm³/mol. The molecule has 3 rings (SSSR count). The molecule has 156 valence electrons. The van der Waals surface area contributed by atoms with Crippen molar-refractivity contribution in [3.63, 3.8) is 0 Å². The van der Waals surface area contributed by atoms with E-state index in [4.69, 9.17) is 0 Å². The first kappa shape index (κ1) is 21.0. The number of pyridine rings is 1. The van der Waals surface area contributed by atoms with Crippen molar-refractivity contribution in [2.24, 2.45) is 0 Å². The molecule has 10 heteroatoms. The summed E-state index contributed by atoms with van der Waals surface area (Å²) in [5.41, 5.74) is 0.717. The molecule has 0 unspecified atom stereocenters. The fourth-order valence-corrected chi connectivity index (χ4v) is 2.53. The fourth-order valence-electron chi connectivity index (χ4n) is 2.53. The third-order valence-corrected chi connectivity index (χ3v) is 4.04. The summed E-state index contributed by atoms with van der Waals surface area (Å²) in [7, 11) is 3.20. The number of rotatable bonds is 6. The Morgan fingerprint density at radius 3 is 2.47 bits per heavy atom. The lowest BCUT2D eigenvalue weighted by atomic mass is 10.2. The van der Waals surface area contributed by atoms with Crippen molar-refractivity contribution in [1.29, 1.82) is 0 Å². The number of benzene rings is 1. The Morgan fingerprint density at radius 2 is 1.80 bits per heavy atom. The number of halogens is 3. The van der Waals surface area contributed by atoms with Crippen LogP contribution in [0.1, 0.15) is 21.6 Å². The Balaban J connectivity index is 1.73. The molecule has 0 bridgehead atoms. The van der Waals surface area contributed by atoms with Crippen LogP contribution in [0.5, 0.6) is 0 Å². The van der Waals surface area contributed by atoms with Gasteiger partial charge in [-0.15, -0.1) is 0 Å². The Morgan fingerprint density at radius 1 is 1.07 bits per heavy atom. The van der Waals surface area contributed by atoms with Crippen molar-refractivity contribution in [2.45, 2.75) is 12.7 Å². The van der Waals surface area contributed by atoms with E-state index in [1.165, 1.54) is 17.3 Å². The highest BCUT2D eigenvalue weighted by atomic mass is 19.4. The number of carbonyl (C=O) groups is 1. The number of amides is 1.